The smallest absolute Gasteiger partial charge is 0.244 e. The summed E-state index contributed by atoms with van der Waals surface area (Å²) < 4.78 is 1.89. The first kappa shape index (κ1) is 14.0. The van der Waals surface area contributed by atoms with E-state index in [2.05, 4.69) is 44.1 Å². The molecule has 0 radical (unpaired) electrons. The summed E-state index contributed by atoms with van der Waals surface area (Å²) in [7, 11) is 0. The minimum absolute atomic E-state index is 0.0380. The Balaban J connectivity index is 2.18. The first-order valence-corrected chi connectivity index (χ1v) is 7.72. The molecule has 5 heteroatoms. The van der Waals surface area contributed by atoms with Crippen LogP contribution in [0.3, 0.4) is 0 Å². The van der Waals surface area contributed by atoms with E-state index in [0.717, 1.165) is 40.6 Å². The van der Waals surface area contributed by atoms with Gasteiger partial charge in [-0.25, -0.2) is 0 Å². The molecule has 1 unspecified atom stereocenters. The molecule has 1 aliphatic rings. The number of hydrogen-bond acceptors (Lipinski definition) is 2. The van der Waals surface area contributed by atoms with E-state index in [0.29, 0.717) is 0 Å². The third-order valence-corrected chi connectivity index (χ3v) is 4.33. The van der Waals surface area contributed by atoms with Crippen molar-refractivity contribution < 1.29 is 4.79 Å². The molecular formula is C13H16Br2N2O. The Morgan fingerprint density at radius 3 is 2.67 bits per heavy atom. The second-order valence-corrected chi connectivity index (χ2v) is 6.06. The number of para-hydroxylation sites is 1. The monoisotopic (exact) mass is 374 g/mol. The molecule has 1 N–H and O–H groups in total. The van der Waals surface area contributed by atoms with E-state index in [-0.39, 0.29) is 11.9 Å². The van der Waals surface area contributed by atoms with Crippen molar-refractivity contribution in [3.63, 3.8) is 0 Å². The largest absolute Gasteiger partial charge is 0.309 e. The molecule has 0 bridgehead atoms. The standard InChI is InChI=1S/C13H16Br2N2O/c1-2-7-16-11-6-8-17(13(11)18)12-9(14)4-3-5-10(12)15/h3-5,11,16H,2,6-8H2,1H3. The van der Waals surface area contributed by atoms with Crippen LogP contribution in [0.2, 0.25) is 0 Å². The van der Waals surface area contributed by atoms with E-state index in [1.54, 1.807) is 0 Å². The van der Waals surface area contributed by atoms with Crippen LogP contribution in [0.5, 0.6) is 0 Å². The third-order valence-electron chi connectivity index (χ3n) is 3.05. The number of carbonyl (C=O) groups excluding carboxylic acids is 1. The summed E-state index contributed by atoms with van der Waals surface area (Å²) >= 11 is 7.03. The molecule has 0 spiro atoms. The maximum atomic E-state index is 12.3. The highest BCUT2D eigenvalue weighted by Gasteiger charge is 2.33. The van der Waals surface area contributed by atoms with Gasteiger partial charge in [-0.15, -0.1) is 0 Å². The van der Waals surface area contributed by atoms with Gasteiger partial charge in [0.15, 0.2) is 0 Å². The first-order valence-electron chi connectivity index (χ1n) is 6.14. The molecule has 98 valence electrons. The van der Waals surface area contributed by atoms with Crippen LogP contribution in [-0.4, -0.2) is 25.0 Å². The van der Waals surface area contributed by atoms with Gasteiger partial charge >= 0.3 is 0 Å². The lowest BCUT2D eigenvalue weighted by molar-refractivity contribution is -0.118. The molecule has 1 saturated heterocycles. The molecule has 2 rings (SSSR count). The molecule has 1 aliphatic heterocycles. The Morgan fingerprint density at radius 2 is 2.06 bits per heavy atom. The zero-order valence-corrected chi connectivity index (χ0v) is 13.4. The minimum Gasteiger partial charge on any atom is -0.309 e. The number of halogens is 2. The lowest BCUT2D eigenvalue weighted by Crippen LogP contribution is -2.38. The van der Waals surface area contributed by atoms with E-state index in [1.807, 2.05) is 23.1 Å². The molecule has 1 aromatic carbocycles. The predicted molar refractivity (Wildman–Crippen MR) is 80.9 cm³/mol. The van der Waals surface area contributed by atoms with Gasteiger partial charge in [0.1, 0.15) is 0 Å². The second-order valence-electron chi connectivity index (χ2n) is 4.36. The Bertz CT molecular complexity index is 430. The van der Waals surface area contributed by atoms with Gasteiger partial charge in [0.25, 0.3) is 0 Å². The molecule has 0 saturated carbocycles. The van der Waals surface area contributed by atoms with Crippen LogP contribution in [0.15, 0.2) is 27.1 Å². The van der Waals surface area contributed by atoms with Crippen molar-refractivity contribution in [1.29, 1.82) is 0 Å². The fourth-order valence-corrected chi connectivity index (χ4v) is 3.58. The predicted octanol–water partition coefficient (Wildman–Crippen LogP) is 3.32. The maximum Gasteiger partial charge on any atom is 0.244 e. The van der Waals surface area contributed by atoms with Crippen molar-refractivity contribution in [2.75, 3.05) is 18.0 Å². The van der Waals surface area contributed by atoms with Crippen LogP contribution >= 0.6 is 31.9 Å². The average molecular weight is 376 g/mol. The molecule has 0 aliphatic carbocycles. The highest BCUT2D eigenvalue weighted by molar-refractivity contribution is 9.11. The molecule has 1 amide bonds. The van der Waals surface area contributed by atoms with Crippen molar-refractivity contribution in [3.05, 3.63) is 27.1 Å². The van der Waals surface area contributed by atoms with Crippen molar-refractivity contribution in [1.82, 2.24) is 5.32 Å². The van der Waals surface area contributed by atoms with Crippen molar-refractivity contribution >= 4 is 43.5 Å². The molecule has 1 atom stereocenters. The zero-order chi connectivity index (χ0) is 13.1. The Kier molecular flexibility index (Phi) is 4.81. The number of amides is 1. The number of rotatable bonds is 4. The van der Waals surface area contributed by atoms with Gasteiger partial charge in [-0.05, 0) is 63.4 Å². The summed E-state index contributed by atoms with van der Waals surface area (Å²) in [6.45, 7) is 3.76. The maximum absolute atomic E-state index is 12.3. The second kappa shape index (κ2) is 6.17. The van der Waals surface area contributed by atoms with Gasteiger partial charge in [-0.1, -0.05) is 13.0 Å². The lowest BCUT2D eigenvalue weighted by atomic mass is 10.2. The van der Waals surface area contributed by atoms with Gasteiger partial charge in [0, 0.05) is 15.5 Å². The molecule has 3 nitrogen and oxygen atoms in total. The van der Waals surface area contributed by atoms with Gasteiger partial charge in [0.2, 0.25) is 5.91 Å². The van der Waals surface area contributed by atoms with E-state index in [4.69, 9.17) is 0 Å². The van der Waals surface area contributed by atoms with Crippen LogP contribution in [0.1, 0.15) is 19.8 Å². The van der Waals surface area contributed by atoms with Crippen LogP contribution in [0, 0.1) is 0 Å². The van der Waals surface area contributed by atoms with Crippen molar-refractivity contribution in [2.24, 2.45) is 0 Å². The van der Waals surface area contributed by atoms with Crippen molar-refractivity contribution in [3.8, 4) is 0 Å². The van der Waals surface area contributed by atoms with Crippen LogP contribution < -0.4 is 10.2 Å². The summed E-state index contributed by atoms with van der Waals surface area (Å²) in [5.41, 5.74) is 0.934. The summed E-state index contributed by atoms with van der Waals surface area (Å²) in [6, 6.07) is 5.83. The summed E-state index contributed by atoms with van der Waals surface area (Å²) in [4.78, 5) is 14.2. The topological polar surface area (TPSA) is 32.3 Å². The van der Waals surface area contributed by atoms with Gasteiger partial charge in [0.05, 0.1) is 11.7 Å². The van der Waals surface area contributed by atoms with Gasteiger partial charge in [-0.2, -0.15) is 0 Å². The molecule has 18 heavy (non-hydrogen) atoms. The number of nitrogens with one attached hydrogen (secondary N) is 1. The van der Waals surface area contributed by atoms with Crippen molar-refractivity contribution in [2.45, 2.75) is 25.8 Å². The number of hydrogen-bond donors (Lipinski definition) is 1. The van der Waals surface area contributed by atoms with E-state index < -0.39 is 0 Å². The number of benzene rings is 1. The molecule has 0 aromatic heterocycles. The Labute approximate surface area is 124 Å². The number of carbonyl (C=O) groups is 1. The summed E-state index contributed by atoms with van der Waals surface area (Å²) in [5, 5.41) is 3.30. The summed E-state index contributed by atoms with van der Waals surface area (Å²) in [5.74, 6) is 0.163. The quantitative estimate of drug-likeness (QED) is 0.875. The average Bonchev–Trinajstić information content (AvgIpc) is 2.69. The van der Waals surface area contributed by atoms with Gasteiger partial charge in [-0.3, -0.25) is 4.79 Å². The molecule has 1 heterocycles. The Hall–Kier alpha value is -0.390. The first-order chi connectivity index (χ1) is 8.65. The SMILES string of the molecule is CCCNC1CCN(c2c(Br)cccc2Br)C1=O. The highest BCUT2D eigenvalue weighted by atomic mass is 79.9. The fraction of sp³-hybridized carbons (Fsp3) is 0.462. The van der Waals surface area contributed by atoms with E-state index in [9.17, 15) is 4.79 Å². The number of anilines is 1. The van der Waals surface area contributed by atoms with Crippen LogP contribution in [-0.2, 0) is 4.79 Å². The lowest BCUT2D eigenvalue weighted by Gasteiger charge is -2.20. The Morgan fingerprint density at radius 1 is 1.39 bits per heavy atom. The third kappa shape index (κ3) is 2.78. The van der Waals surface area contributed by atoms with Gasteiger partial charge < -0.3 is 10.2 Å². The van der Waals surface area contributed by atoms with Crippen LogP contribution in [0.25, 0.3) is 0 Å². The fourth-order valence-electron chi connectivity index (χ4n) is 2.16. The molecular weight excluding hydrogens is 360 g/mol. The van der Waals surface area contributed by atoms with Crippen LogP contribution in [0.4, 0.5) is 5.69 Å². The minimum atomic E-state index is -0.0380. The van der Waals surface area contributed by atoms with E-state index >= 15 is 0 Å². The van der Waals surface area contributed by atoms with E-state index in [1.165, 1.54) is 0 Å². The summed E-state index contributed by atoms with van der Waals surface area (Å²) in [6.07, 6.45) is 1.91. The number of nitrogens with zero attached hydrogens (tertiary/aromatic N) is 1. The zero-order valence-electron chi connectivity index (χ0n) is 10.2. The molecule has 1 fully saturated rings. The molecule has 1 aromatic rings. The highest BCUT2D eigenvalue weighted by Crippen LogP contribution is 2.36. The normalized spacial score (nSPS) is 19.6.